The van der Waals surface area contributed by atoms with Crippen LogP contribution in [-0.4, -0.2) is 34.1 Å². The minimum atomic E-state index is -0.954. The fourth-order valence-corrected chi connectivity index (χ4v) is 2.69. The molecule has 17 heavy (non-hydrogen) atoms. The smallest absolute Gasteiger partial charge is 0.337 e. The minimum Gasteiger partial charge on any atom is -0.478 e. The topological polar surface area (TPSA) is 66.3 Å². The third-order valence-electron chi connectivity index (χ3n) is 2.88. The molecule has 2 heterocycles. The molecule has 1 saturated carbocycles. The number of aromatic nitrogens is 2. The van der Waals surface area contributed by atoms with E-state index in [2.05, 4.69) is 14.9 Å². The van der Waals surface area contributed by atoms with Crippen LogP contribution in [0.4, 0.5) is 5.13 Å². The quantitative estimate of drug-likeness (QED) is 0.901. The van der Waals surface area contributed by atoms with Crippen LogP contribution in [0.3, 0.4) is 0 Å². The average Bonchev–Trinajstić information content (AvgIpc) is 3.06. The van der Waals surface area contributed by atoms with Crippen molar-refractivity contribution in [2.24, 2.45) is 0 Å². The zero-order valence-electron chi connectivity index (χ0n) is 9.25. The molecular weight excluding hydrogens is 238 g/mol. The number of hydrogen-bond acceptors (Lipinski definition) is 5. The van der Waals surface area contributed by atoms with Crippen LogP contribution in [0.25, 0.3) is 10.3 Å². The highest BCUT2D eigenvalue weighted by Gasteiger charge is 2.28. The van der Waals surface area contributed by atoms with E-state index in [1.54, 1.807) is 6.07 Å². The number of thiazole rings is 1. The van der Waals surface area contributed by atoms with Crippen LogP contribution in [0.1, 0.15) is 23.2 Å². The number of aromatic carboxylic acids is 1. The van der Waals surface area contributed by atoms with Gasteiger partial charge in [0, 0.05) is 19.3 Å². The molecule has 1 aliphatic rings. The highest BCUT2D eigenvalue weighted by atomic mass is 32.1. The Balaban J connectivity index is 2.02. The molecule has 88 valence electrons. The van der Waals surface area contributed by atoms with Gasteiger partial charge in [0.1, 0.15) is 0 Å². The van der Waals surface area contributed by atoms with Gasteiger partial charge in [-0.25, -0.2) is 9.78 Å². The van der Waals surface area contributed by atoms with Gasteiger partial charge < -0.3 is 10.0 Å². The lowest BCUT2D eigenvalue weighted by Crippen LogP contribution is -2.18. The first kappa shape index (κ1) is 10.5. The fraction of sp³-hybridized carbons (Fsp3) is 0.364. The van der Waals surface area contributed by atoms with E-state index in [-0.39, 0.29) is 5.56 Å². The first-order valence-corrected chi connectivity index (χ1v) is 6.19. The number of anilines is 1. The van der Waals surface area contributed by atoms with Crippen molar-refractivity contribution in [3.63, 3.8) is 0 Å². The van der Waals surface area contributed by atoms with Gasteiger partial charge in [-0.3, -0.25) is 0 Å². The maximum absolute atomic E-state index is 10.8. The molecule has 0 radical (unpaired) electrons. The molecular formula is C11H11N3O2S. The van der Waals surface area contributed by atoms with Crippen molar-refractivity contribution in [3.8, 4) is 0 Å². The SMILES string of the molecule is CN(c1nc2ncc(C(=O)O)cc2s1)C1CC1. The van der Waals surface area contributed by atoms with Gasteiger partial charge in [0.05, 0.1) is 10.3 Å². The Kier molecular flexibility index (Phi) is 2.25. The molecule has 2 aromatic heterocycles. The Morgan fingerprint density at radius 3 is 3.00 bits per heavy atom. The molecule has 0 aromatic carbocycles. The van der Waals surface area contributed by atoms with E-state index in [0.717, 1.165) is 9.83 Å². The second-order valence-electron chi connectivity index (χ2n) is 4.19. The number of nitrogens with zero attached hydrogens (tertiary/aromatic N) is 3. The van der Waals surface area contributed by atoms with Crippen molar-refractivity contribution >= 4 is 32.8 Å². The third-order valence-corrected chi connectivity index (χ3v) is 3.96. The molecule has 0 bridgehead atoms. The van der Waals surface area contributed by atoms with E-state index in [4.69, 9.17) is 5.11 Å². The fourth-order valence-electron chi connectivity index (χ4n) is 1.69. The largest absolute Gasteiger partial charge is 0.478 e. The maximum atomic E-state index is 10.8. The van der Waals surface area contributed by atoms with Crippen molar-refractivity contribution < 1.29 is 9.90 Å². The van der Waals surface area contributed by atoms with Crippen LogP contribution in [0.5, 0.6) is 0 Å². The summed E-state index contributed by atoms with van der Waals surface area (Å²) in [6.07, 6.45) is 3.77. The van der Waals surface area contributed by atoms with Crippen molar-refractivity contribution in [1.29, 1.82) is 0 Å². The monoisotopic (exact) mass is 249 g/mol. The normalized spacial score (nSPS) is 15.1. The van der Waals surface area contributed by atoms with Crippen molar-refractivity contribution in [3.05, 3.63) is 17.8 Å². The van der Waals surface area contributed by atoms with Crippen LogP contribution in [-0.2, 0) is 0 Å². The van der Waals surface area contributed by atoms with Gasteiger partial charge in [-0.1, -0.05) is 11.3 Å². The third kappa shape index (κ3) is 1.84. The van der Waals surface area contributed by atoms with E-state index in [1.165, 1.54) is 30.4 Å². The van der Waals surface area contributed by atoms with Gasteiger partial charge in [0.25, 0.3) is 0 Å². The van der Waals surface area contributed by atoms with E-state index in [0.29, 0.717) is 11.7 Å². The average molecular weight is 249 g/mol. The number of carboxylic acid groups (broad SMARTS) is 1. The first-order valence-electron chi connectivity index (χ1n) is 5.38. The molecule has 1 fully saturated rings. The predicted molar refractivity (Wildman–Crippen MR) is 65.8 cm³/mol. The highest BCUT2D eigenvalue weighted by molar-refractivity contribution is 7.22. The summed E-state index contributed by atoms with van der Waals surface area (Å²) in [7, 11) is 2.02. The molecule has 0 amide bonds. The molecule has 1 N–H and O–H groups in total. The number of rotatable bonds is 3. The molecule has 0 aliphatic heterocycles. The minimum absolute atomic E-state index is 0.210. The second-order valence-corrected chi connectivity index (χ2v) is 5.20. The Bertz CT molecular complexity index is 591. The van der Waals surface area contributed by atoms with E-state index in [9.17, 15) is 4.79 Å². The van der Waals surface area contributed by atoms with Crippen molar-refractivity contribution in [2.45, 2.75) is 18.9 Å². The molecule has 3 rings (SSSR count). The molecule has 0 saturated heterocycles. The second kappa shape index (κ2) is 3.66. The number of pyridine rings is 1. The number of carboxylic acids is 1. The lowest BCUT2D eigenvalue weighted by Gasteiger charge is -2.13. The molecule has 0 spiro atoms. The lowest BCUT2D eigenvalue weighted by atomic mass is 10.3. The van der Waals surface area contributed by atoms with Crippen LogP contribution in [0.2, 0.25) is 0 Å². The van der Waals surface area contributed by atoms with Crippen LogP contribution in [0, 0.1) is 0 Å². The van der Waals surface area contributed by atoms with E-state index < -0.39 is 5.97 Å². The van der Waals surface area contributed by atoms with Gasteiger partial charge in [-0.05, 0) is 18.9 Å². The van der Waals surface area contributed by atoms with Crippen LogP contribution >= 0.6 is 11.3 Å². The zero-order valence-corrected chi connectivity index (χ0v) is 10.1. The maximum Gasteiger partial charge on any atom is 0.337 e. The Labute approximate surface area is 102 Å². The summed E-state index contributed by atoms with van der Waals surface area (Å²) in [4.78, 5) is 21.5. The summed E-state index contributed by atoms with van der Waals surface area (Å²) in [6.45, 7) is 0. The summed E-state index contributed by atoms with van der Waals surface area (Å²) in [5.41, 5.74) is 0.837. The number of hydrogen-bond donors (Lipinski definition) is 1. The Morgan fingerprint density at radius 1 is 1.59 bits per heavy atom. The Morgan fingerprint density at radius 2 is 2.35 bits per heavy atom. The molecule has 1 aliphatic carbocycles. The summed E-state index contributed by atoms with van der Waals surface area (Å²) in [6, 6.07) is 2.22. The van der Waals surface area contributed by atoms with Gasteiger partial charge in [0.2, 0.25) is 0 Å². The van der Waals surface area contributed by atoms with Gasteiger partial charge >= 0.3 is 5.97 Å². The van der Waals surface area contributed by atoms with Crippen molar-refractivity contribution in [2.75, 3.05) is 11.9 Å². The van der Waals surface area contributed by atoms with Crippen LogP contribution < -0.4 is 4.90 Å². The summed E-state index contributed by atoms with van der Waals surface area (Å²) in [5, 5.41) is 9.81. The molecule has 0 unspecified atom stereocenters. The summed E-state index contributed by atoms with van der Waals surface area (Å²) >= 11 is 1.49. The lowest BCUT2D eigenvalue weighted by molar-refractivity contribution is 0.0696. The zero-order chi connectivity index (χ0) is 12.0. The first-order chi connectivity index (χ1) is 8.15. The van der Waals surface area contributed by atoms with Gasteiger partial charge in [0.15, 0.2) is 10.8 Å². The summed E-state index contributed by atoms with van der Waals surface area (Å²) < 4.78 is 0.826. The number of fused-ring (bicyclic) bond motifs is 1. The highest BCUT2D eigenvalue weighted by Crippen LogP contribution is 2.34. The Hall–Kier alpha value is -1.69. The standard InChI is InChI=1S/C11H11N3O2S/c1-14(7-2-3-7)11-13-9-8(17-11)4-6(5-12-9)10(15)16/h4-5,7H,2-3H2,1H3,(H,15,16). The molecule has 2 aromatic rings. The van der Waals surface area contributed by atoms with E-state index >= 15 is 0 Å². The van der Waals surface area contributed by atoms with Gasteiger partial charge in [-0.2, -0.15) is 4.98 Å². The molecule has 5 nitrogen and oxygen atoms in total. The summed E-state index contributed by atoms with van der Waals surface area (Å²) in [5.74, 6) is -0.954. The van der Waals surface area contributed by atoms with E-state index in [1.807, 2.05) is 7.05 Å². The molecule has 0 atom stereocenters. The van der Waals surface area contributed by atoms with Crippen LogP contribution in [0.15, 0.2) is 12.3 Å². The van der Waals surface area contributed by atoms with Gasteiger partial charge in [-0.15, -0.1) is 0 Å². The number of carbonyl (C=O) groups is 1. The predicted octanol–water partition coefficient (Wildman–Crippen LogP) is 1.99. The molecule has 6 heteroatoms. The van der Waals surface area contributed by atoms with Crippen molar-refractivity contribution in [1.82, 2.24) is 9.97 Å².